The van der Waals surface area contributed by atoms with Gasteiger partial charge in [0.15, 0.2) is 0 Å². The molecule has 2 rings (SSSR count). The van der Waals surface area contributed by atoms with Crippen LogP contribution in [-0.4, -0.2) is 22.0 Å². The van der Waals surface area contributed by atoms with Crippen LogP contribution in [0.2, 0.25) is 0 Å². The summed E-state index contributed by atoms with van der Waals surface area (Å²) in [6, 6.07) is 6.33. The van der Waals surface area contributed by atoms with Gasteiger partial charge >= 0.3 is 5.97 Å². The van der Waals surface area contributed by atoms with Crippen LogP contribution < -0.4 is 5.32 Å². The first-order chi connectivity index (χ1) is 8.56. The minimum Gasteiger partial charge on any atom is -0.477 e. The van der Waals surface area contributed by atoms with Gasteiger partial charge in [0.2, 0.25) is 0 Å². The lowest BCUT2D eigenvalue weighted by Gasteiger charge is -2.03. The number of pyridine rings is 1. The first kappa shape index (κ1) is 12.3. The van der Waals surface area contributed by atoms with Crippen LogP contribution in [0.1, 0.15) is 25.0 Å². The van der Waals surface area contributed by atoms with Crippen LogP contribution in [0.5, 0.6) is 0 Å². The second kappa shape index (κ2) is 4.97. The summed E-state index contributed by atoms with van der Waals surface area (Å²) < 4.78 is 0. The zero-order valence-electron chi connectivity index (χ0n) is 9.51. The summed E-state index contributed by atoms with van der Waals surface area (Å²) in [7, 11) is 0. The standard InChI is InChI=1S/C12H10N2O3S/c1-7-6-8(4-5-13-7)14-11(15)9-2-3-10(18-9)12(16)17/h2-6H,1H3,(H,16,17)(H,13,14,15). The van der Waals surface area contributed by atoms with E-state index < -0.39 is 5.97 Å². The van der Waals surface area contributed by atoms with E-state index in [9.17, 15) is 9.59 Å². The number of amides is 1. The molecule has 2 aromatic heterocycles. The molecule has 1 amide bonds. The smallest absolute Gasteiger partial charge is 0.345 e. The Morgan fingerprint density at radius 3 is 2.61 bits per heavy atom. The molecule has 0 bridgehead atoms. The van der Waals surface area contributed by atoms with Crippen molar-refractivity contribution in [3.05, 3.63) is 45.9 Å². The molecule has 0 unspecified atom stereocenters. The van der Waals surface area contributed by atoms with Crippen LogP contribution in [0.3, 0.4) is 0 Å². The molecule has 2 heterocycles. The summed E-state index contributed by atoms with van der Waals surface area (Å²) in [6.07, 6.45) is 1.60. The average molecular weight is 262 g/mol. The third kappa shape index (κ3) is 2.72. The highest BCUT2D eigenvalue weighted by atomic mass is 32.1. The molecule has 0 spiro atoms. The predicted molar refractivity (Wildman–Crippen MR) is 68.2 cm³/mol. The summed E-state index contributed by atoms with van der Waals surface area (Å²) in [5, 5.41) is 11.5. The number of carbonyl (C=O) groups excluding carboxylic acids is 1. The van der Waals surface area contributed by atoms with Crippen molar-refractivity contribution < 1.29 is 14.7 Å². The van der Waals surface area contributed by atoms with Gasteiger partial charge in [-0.15, -0.1) is 11.3 Å². The molecular weight excluding hydrogens is 252 g/mol. The number of nitrogens with one attached hydrogen (secondary N) is 1. The average Bonchev–Trinajstić information content (AvgIpc) is 2.78. The molecule has 0 saturated carbocycles. The van der Waals surface area contributed by atoms with Crippen molar-refractivity contribution in [1.29, 1.82) is 0 Å². The number of aromatic carboxylic acids is 1. The van der Waals surface area contributed by atoms with E-state index in [0.29, 0.717) is 10.6 Å². The van der Waals surface area contributed by atoms with Gasteiger partial charge in [-0.2, -0.15) is 0 Å². The minimum absolute atomic E-state index is 0.144. The third-order valence-electron chi connectivity index (χ3n) is 2.20. The van der Waals surface area contributed by atoms with Crippen molar-refractivity contribution in [1.82, 2.24) is 4.98 Å². The zero-order chi connectivity index (χ0) is 13.1. The molecule has 92 valence electrons. The Kier molecular flexibility index (Phi) is 3.38. The van der Waals surface area contributed by atoms with Crippen molar-refractivity contribution in [2.75, 3.05) is 5.32 Å². The lowest BCUT2D eigenvalue weighted by atomic mass is 10.3. The Morgan fingerprint density at radius 2 is 2.00 bits per heavy atom. The Hall–Kier alpha value is -2.21. The molecule has 0 aromatic carbocycles. The Bertz CT molecular complexity index is 607. The van der Waals surface area contributed by atoms with Gasteiger partial charge in [-0.3, -0.25) is 9.78 Å². The van der Waals surface area contributed by atoms with Gasteiger partial charge in [0.1, 0.15) is 4.88 Å². The van der Waals surface area contributed by atoms with E-state index in [-0.39, 0.29) is 10.8 Å². The summed E-state index contributed by atoms with van der Waals surface area (Å²) in [6.45, 7) is 1.82. The number of carbonyl (C=O) groups is 2. The molecular formula is C12H10N2O3S. The second-order valence-electron chi connectivity index (χ2n) is 3.61. The van der Waals surface area contributed by atoms with Crippen molar-refractivity contribution in [2.45, 2.75) is 6.92 Å². The maximum Gasteiger partial charge on any atom is 0.345 e. The SMILES string of the molecule is Cc1cc(NC(=O)c2ccc(C(=O)O)s2)ccn1. The maximum atomic E-state index is 11.8. The van der Waals surface area contributed by atoms with Crippen LogP contribution in [0.25, 0.3) is 0 Å². The van der Waals surface area contributed by atoms with Crippen LogP contribution in [0.4, 0.5) is 5.69 Å². The largest absolute Gasteiger partial charge is 0.477 e. The molecule has 0 atom stereocenters. The Labute approximate surface area is 107 Å². The van der Waals surface area contributed by atoms with Gasteiger partial charge in [0.05, 0.1) is 4.88 Å². The fourth-order valence-corrected chi connectivity index (χ4v) is 2.13. The van der Waals surface area contributed by atoms with Crippen molar-refractivity contribution in [3.63, 3.8) is 0 Å². The normalized spacial score (nSPS) is 10.1. The maximum absolute atomic E-state index is 11.8. The molecule has 0 fully saturated rings. The topological polar surface area (TPSA) is 79.3 Å². The van der Waals surface area contributed by atoms with E-state index in [1.165, 1.54) is 12.1 Å². The molecule has 0 radical (unpaired) electrons. The lowest BCUT2D eigenvalue weighted by Crippen LogP contribution is -2.10. The molecule has 6 heteroatoms. The van der Waals surface area contributed by atoms with E-state index in [1.807, 2.05) is 6.92 Å². The van der Waals surface area contributed by atoms with E-state index >= 15 is 0 Å². The second-order valence-corrected chi connectivity index (χ2v) is 4.69. The number of anilines is 1. The lowest BCUT2D eigenvalue weighted by molar-refractivity contribution is 0.0702. The molecule has 0 saturated heterocycles. The quantitative estimate of drug-likeness (QED) is 0.890. The molecule has 2 aromatic rings. The number of thiophene rings is 1. The highest BCUT2D eigenvalue weighted by Crippen LogP contribution is 2.18. The molecule has 0 aliphatic carbocycles. The third-order valence-corrected chi connectivity index (χ3v) is 3.27. The summed E-state index contributed by atoms with van der Waals surface area (Å²) in [4.78, 5) is 27.1. The Morgan fingerprint density at radius 1 is 1.28 bits per heavy atom. The first-order valence-electron chi connectivity index (χ1n) is 5.13. The van der Waals surface area contributed by atoms with E-state index in [4.69, 9.17) is 5.11 Å². The van der Waals surface area contributed by atoms with Gasteiger partial charge in [-0.05, 0) is 31.2 Å². The van der Waals surface area contributed by atoms with Crippen LogP contribution in [0, 0.1) is 6.92 Å². The van der Waals surface area contributed by atoms with E-state index in [0.717, 1.165) is 17.0 Å². The predicted octanol–water partition coefficient (Wildman–Crippen LogP) is 2.40. The fraction of sp³-hybridized carbons (Fsp3) is 0.0833. The number of hydrogen-bond acceptors (Lipinski definition) is 4. The summed E-state index contributed by atoms with van der Waals surface area (Å²) in [5.74, 6) is -1.35. The van der Waals surface area contributed by atoms with Crippen LogP contribution >= 0.6 is 11.3 Å². The van der Waals surface area contributed by atoms with Crippen LogP contribution in [0.15, 0.2) is 30.5 Å². The molecule has 5 nitrogen and oxygen atoms in total. The minimum atomic E-state index is -1.03. The fourth-order valence-electron chi connectivity index (χ4n) is 1.39. The van der Waals surface area contributed by atoms with Gasteiger partial charge < -0.3 is 10.4 Å². The highest BCUT2D eigenvalue weighted by molar-refractivity contribution is 7.15. The Balaban J connectivity index is 2.14. The van der Waals surface area contributed by atoms with E-state index in [2.05, 4.69) is 10.3 Å². The molecule has 0 aliphatic heterocycles. The summed E-state index contributed by atoms with van der Waals surface area (Å²) in [5.41, 5.74) is 1.43. The number of hydrogen-bond donors (Lipinski definition) is 2. The number of carboxylic acid groups (broad SMARTS) is 1. The zero-order valence-corrected chi connectivity index (χ0v) is 10.3. The number of nitrogens with zero attached hydrogens (tertiary/aromatic N) is 1. The monoisotopic (exact) mass is 262 g/mol. The van der Waals surface area contributed by atoms with Crippen molar-refractivity contribution in [3.8, 4) is 0 Å². The molecule has 18 heavy (non-hydrogen) atoms. The van der Waals surface area contributed by atoms with Gasteiger partial charge in [0, 0.05) is 17.6 Å². The number of aryl methyl sites for hydroxylation is 1. The number of aromatic nitrogens is 1. The first-order valence-corrected chi connectivity index (χ1v) is 5.95. The highest BCUT2D eigenvalue weighted by Gasteiger charge is 2.12. The molecule has 0 aliphatic rings. The molecule has 2 N–H and O–H groups in total. The van der Waals surface area contributed by atoms with Crippen molar-refractivity contribution in [2.24, 2.45) is 0 Å². The number of carboxylic acids is 1. The van der Waals surface area contributed by atoms with Crippen molar-refractivity contribution >= 4 is 28.9 Å². The summed E-state index contributed by atoms with van der Waals surface area (Å²) >= 11 is 0.945. The van der Waals surface area contributed by atoms with Gasteiger partial charge in [-0.25, -0.2) is 4.79 Å². The van der Waals surface area contributed by atoms with Gasteiger partial charge in [-0.1, -0.05) is 0 Å². The number of rotatable bonds is 3. The van der Waals surface area contributed by atoms with E-state index in [1.54, 1.807) is 18.3 Å². The van der Waals surface area contributed by atoms with Gasteiger partial charge in [0.25, 0.3) is 5.91 Å². The van der Waals surface area contributed by atoms with Crippen LogP contribution in [-0.2, 0) is 0 Å².